The number of aromatic nitrogens is 1. The number of aromatic amines is 1. The second-order valence-electron chi connectivity index (χ2n) is 3.13. The van der Waals surface area contributed by atoms with Crippen molar-refractivity contribution >= 4 is 23.0 Å². The molecule has 0 amide bonds. The van der Waals surface area contributed by atoms with Crippen LogP contribution in [-0.4, -0.2) is 34.5 Å². The monoisotopic (exact) mass is 235 g/mol. The molecule has 2 aromatic rings. The molecule has 1 aromatic carbocycles. The molecule has 0 unspecified atom stereocenters. The van der Waals surface area contributed by atoms with Gasteiger partial charge in [0.2, 0.25) is 0 Å². The first kappa shape index (κ1) is 12.7. The number of nitrogens with two attached hydrogens (primary N) is 1. The molecule has 2 rings (SSSR count). The summed E-state index contributed by atoms with van der Waals surface area (Å²) < 4.78 is 0. The number of fused-ring (bicyclic) bond motifs is 1. The molecule has 0 spiro atoms. The van der Waals surface area contributed by atoms with E-state index < -0.39 is 0 Å². The van der Waals surface area contributed by atoms with Crippen molar-refractivity contribution in [3.05, 3.63) is 35.5 Å². The molecule has 90 valence electrons. The average molecular weight is 235 g/mol. The van der Waals surface area contributed by atoms with Gasteiger partial charge < -0.3 is 21.0 Å². The van der Waals surface area contributed by atoms with Crippen molar-refractivity contribution in [2.24, 2.45) is 10.9 Å². The normalized spacial score (nSPS) is 10.8. The summed E-state index contributed by atoms with van der Waals surface area (Å²) in [5.41, 5.74) is 7.32. The zero-order valence-corrected chi connectivity index (χ0v) is 9.21. The number of aldehydes is 1. The van der Waals surface area contributed by atoms with Gasteiger partial charge in [-0.25, -0.2) is 0 Å². The molecule has 17 heavy (non-hydrogen) atoms. The van der Waals surface area contributed by atoms with Crippen LogP contribution in [0.4, 0.5) is 0 Å². The van der Waals surface area contributed by atoms with Crippen LogP contribution < -0.4 is 5.73 Å². The number of hydrogen-bond donors (Lipinski definition) is 4. The Morgan fingerprint density at radius 1 is 1.41 bits per heavy atom. The maximum Gasteiger partial charge on any atom is 0.170 e. The maximum absolute atomic E-state index is 10.5. The lowest BCUT2D eigenvalue weighted by molar-refractivity contribution is 0.112. The zero-order chi connectivity index (χ0) is 12.8. The average Bonchev–Trinajstić information content (AvgIpc) is 2.82. The van der Waals surface area contributed by atoms with Gasteiger partial charge >= 0.3 is 0 Å². The highest BCUT2D eigenvalue weighted by molar-refractivity contribution is 6.00. The Kier molecular flexibility index (Phi) is 4.24. The number of rotatable bonds is 2. The number of nitrogens with one attached hydrogen (secondary N) is 1. The van der Waals surface area contributed by atoms with Gasteiger partial charge in [0.15, 0.2) is 12.1 Å². The number of hydrogen-bond acceptors (Lipinski definition) is 4. The third kappa shape index (κ3) is 2.61. The van der Waals surface area contributed by atoms with Crippen LogP contribution in [-0.2, 0) is 0 Å². The minimum Gasteiger partial charge on any atom is -0.409 e. The van der Waals surface area contributed by atoms with Crippen LogP contribution in [0.1, 0.15) is 16.1 Å². The second-order valence-corrected chi connectivity index (χ2v) is 3.13. The second kappa shape index (κ2) is 5.66. The van der Waals surface area contributed by atoms with Gasteiger partial charge in [0.25, 0.3) is 0 Å². The van der Waals surface area contributed by atoms with Crippen LogP contribution in [0, 0.1) is 0 Å². The third-order valence-electron chi connectivity index (χ3n) is 2.17. The number of carbonyl (C=O) groups is 1. The molecule has 0 aliphatic heterocycles. The topological polar surface area (TPSA) is 112 Å². The number of aliphatic hydroxyl groups is 1. The Morgan fingerprint density at radius 3 is 2.71 bits per heavy atom. The van der Waals surface area contributed by atoms with Crippen molar-refractivity contribution in [2.75, 3.05) is 7.11 Å². The van der Waals surface area contributed by atoms with E-state index in [2.05, 4.69) is 10.1 Å². The zero-order valence-electron chi connectivity index (χ0n) is 9.21. The molecule has 0 aliphatic carbocycles. The van der Waals surface area contributed by atoms with Crippen LogP contribution in [0.5, 0.6) is 0 Å². The van der Waals surface area contributed by atoms with Crippen LogP contribution in [0.25, 0.3) is 10.9 Å². The fraction of sp³-hybridized carbons (Fsp3) is 0.0909. The minimum absolute atomic E-state index is 0.0409. The Morgan fingerprint density at radius 2 is 2.12 bits per heavy atom. The highest BCUT2D eigenvalue weighted by atomic mass is 16.4. The van der Waals surface area contributed by atoms with E-state index in [0.717, 1.165) is 24.3 Å². The Labute approximate surface area is 97.4 Å². The van der Waals surface area contributed by atoms with Gasteiger partial charge in [0.05, 0.1) is 5.69 Å². The lowest BCUT2D eigenvalue weighted by atomic mass is 10.1. The van der Waals surface area contributed by atoms with Gasteiger partial charge in [-0.15, -0.1) is 0 Å². The first-order valence-electron chi connectivity index (χ1n) is 4.75. The van der Waals surface area contributed by atoms with E-state index in [4.69, 9.17) is 16.0 Å². The van der Waals surface area contributed by atoms with E-state index >= 15 is 0 Å². The van der Waals surface area contributed by atoms with Crippen LogP contribution in [0.2, 0.25) is 0 Å². The summed E-state index contributed by atoms with van der Waals surface area (Å²) in [5.74, 6) is 0.0409. The molecule has 0 radical (unpaired) electrons. The van der Waals surface area contributed by atoms with E-state index in [-0.39, 0.29) is 5.84 Å². The molecule has 5 N–H and O–H groups in total. The number of H-pyrrole nitrogens is 1. The van der Waals surface area contributed by atoms with E-state index in [1.807, 2.05) is 0 Å². The molecule has 0 saturated heterocycles. The number of oxime groups is 1. The van der Waals surface area contributed by atoms with E-state index in [9.17, 15) is 4.79 Å². The first-order chi connectivity index (χ1) is 8.24. The molecule has 6 nitrogen and oxygen atoms in total. The highest BCUT2D eigenvalue weighted by Gasteiger charge is 2.03. The minimum atomic E-state index is 0.0409. The van der Waals surface area contributed by atoms with Gasteiger partial charge in [-0.2, -0.15) is 0 Å². The predicted octanol–water partition coefficient (Wildman–Crippen LogP) is 0.683. The number of carbonyl (C=O) groups excluding carboxylic acids is 1. The van der Waals surface area contributed by atoms with Crippen molar-refractivity contribution in [3.63, 3.8) is 0 Å². The summed E-state index contributed by atoms with van der Waals surface area (Å²) in [7, 11) is 1.00. The van der Waals surface area contributed by atoms with Gasteiger partial charge in [-0.3, -0.25) is 4.79 Å². The number of benzene rings is 1. The molecule has 1 aromatic heterocycles. The summed E-state index contributed by atoms with van der Waals surface area (Å²) in [6.07, 6.45) is 0.739. The van der Waals surface area contributed by atoms with Gasteiger partial charge in [0, 0.05) is 23.6 Å². The highest BCUT2D eigenvalue weighted by Crippen LogP contribution is 2.16. The SMILES string of the molecule is CO.N/C(=N/O)c1ccc2cc(C=O)[nH]c2c1. The van der Waals surface area contributed by atoms with E-state index in [0.29, 0.717) is 11.3 Å². The number of nitrogens with zero attached hydrogens (tertiary/aromatic N) is 1. The number of aliphatic hydroxyl groups excluding tert-OH is 1. The van der Waals surface area contributed by atoms with Crippen LogP contribution in [0.3, 0.4) is 0 Å². The summed E-state index contributed by atoms with van der Waals surface area (Å²) in [4.78, 5) is 13.4. The number of amidine groups is 1. The molecule has 0 bridgehead atoms. The van der Waals surface area contributed by atoms with Crippen molar-refractivity contribution in [2.45, 2.75) is 0 Å². The largest absolute Gasteiger partial charge is 0.409 e. The van der Waals surface area contributed by atoms with Crippen LogP contribution in [0.15, 0.2) is 29.4 Å². The summed E-state index contributed by atoms with van der Waals surface area (Å²) in [5, 5.41) is 19.3. The van der Waals surface area contributed by atoms with Crippen molar-refractivity contribution in [1.82, 2.24) is 4.98 Å². The Hall–Kier alpha value is -2.34. The van der Waals surface area contributed by atoms with Gasteiger partial charge in [-0.1, -0.05) is 17.3 Å². The van der Waals surface area contributed by atoms with Crippen molar-refractivity contribution in [1.29, 1.82) is 0 Å². The first-order valence-corrected chi connectivity index (χ1v) is 4.75. The molecule has 0 aliphatic rings. The van der Waals surface area contributed by atoms with E-state index in [1.165, 1.54) is 0 Å². The fourth-order valence-corrected chi connectivity index (χ4v) is 1.43. The van der Waals surface area contributed by atoms with Crippen molar-refractivity contribution < 1.29 is 15.1 Å². The standard InChI is InChI=1S/C10H9N3O2.CH4O/c11-10(13-15)7-2-1-6-3-8(5-14)12-9(6)4-7;1-2/h1-5,12,15H,(H2,11,13);2H,1H3. The molecular weight excluding hydrogens is 222 g/mol. The molecule has 0 fully saturated rings. The van der Waals surface area contributed by atoms with Crippen LogP contribution >= 0.6 is 0 Å². The van der Waals surface area contributed by atoms with Gasteiger partial charge in [0.1, 0.15) is 0 Å². The third-order valence-corrected chi connectivity index (χ3v) is 2.17. The maximum atomic E-state index is 10.5. The smallest absolute Gasteiger partial charge is 0.170 e. The lowest BCUT2D eigenvalue weighted by Gasteiger charge is -1.97. The quantitative estimate of drug-likeness (QED) is 0.201. The molecule has 0 saturated carbocycles. The summed E-state index contributed by atoms with van der Waals surface area (Å²) in [6, 6.07) is 6.97. The summed E-state index contributed by atoms with van der Waals surface area (Å²) >= 11 is 0. The van der Waals surface area contributed by atoms with E-state index in [1.54, 1.807) is 24.3 Å². The molecule has 6 heteroatoms. The molecule has 1 heterocycles. The predicted molar refractivity (Wildman–Crippen MR) is 64.3 cm³/mol. The molecule has 0 atom stereocenters. The summed E-state index contributed by atoms with van der Waals surface area (Å²) in [6.45, 7) is 0. The van der Waals surface area contributed by atoms with Gasteiger partial charge in [-0.05, 0) is 12.1 Å². The van der Waals surface area contributed by atoms with Crippen molar-refractivity contribution in [3.8, 4) is 0 Å². The Balaban J connectivity index is 0.000000686. The lowest BCUT2D eigenvalue weighted by Crippen LogP contribution is -2.12. The molecular formula is C11H13N3O3. The Bertz CT molecular complexity index is 546. The fourth-order valence-electron chi connectivity index (χ4n) is 1.43.